The number of rotatable bonds is 3. The molecule has 0 aliphatic carbocycles. The van der Waals surface area contributed by atoms with Crippen molar-refractivity contribution in [2.45, 2.75) is 32.0 Å². The molecule has 0 bridgehead atoms. The average molecular weight is 248 g/mol. The Morgan fingerprint density at radius 3 is 2.61 bits per heavy atom. The zero-order valence-corrected chi connectivity index (χ0v) is 10.4. The Morgan fingerprint density at radius 2 is 2.06 bits per heavy atom. The van der Waals surface area contributed by atoms with Crippen molar-refractivity contribution < 1.29 is 14.3 Å². The van der Waals surface area contributed by atoms with Gasteiger partial charge in [0.25, 0.3) is 0 Å². The van der Waals surface area contributed by atoms with Gasteiger partial charge in [0, 0.05) is 0 Å². The standard InChI is InChI=1S/C13H16N2O3/c1-13(2)10(11(16)15-13)14-12(17)18-8-9-6-4-3-5-7-9/h3-7,10H,8H2,1-2H3,(H,14,17)(H,15,16)/t10-/m1/s1. The number of benzene rings is 1. The molecule has 96 valence electrons. The smallest absolute Gasteiger partial charge is 0.408 e. The molecule has 18 heavy (non-hydrogen) atoms. The Balaban J connectivity index is 1.81. The summed E-state index contributed by atoms with van der Waals surface area (Å²) in [5, 5.41) is 5.26. The topological polar surface area (TPSA) is 67.4 Å². The zero-order chi connectivity index (χ0) is 13.2. The molecule has 0 spiro atoms. The summed E-state index contributed by atoms with van der Waals surface area (Å²) in [6.07, 6.45) is -0.577. The van der Waals surface area contributed by atoms with Crippen molar-refractivity contribution >= 4 is 12.0 Å². The van der Waals surface area contributed by atoms with Gasteiger partial charge in [-0.3, -0.25) is 4.79 Å². The van der Waals surface area contributed by atoms with Crippen molar-refractivity contribution in [2.75, 3.05) is 0 Å². The second-order valence-electron chi connectivity index (χ2n) is 4.85. The second-order valence-corrected chi connectivity index (χ2v) is 4.85. The van der Waals surface area contributed by atoms with Gasteiger partial charge in [0.05, 0.1) is 5.54 Å². The van der Waals surface area contributed by atoms with Crippen LogP contribution in [0.25, 0.3) is 0 Å². The minimum Gasteiger partial charge on any atom is -0.445 e. The van der Waals surface area contributed by atoms with Gasteiger partial charge in [-0.15, -0.1) is 0 Å². The van der Waals surface area contributed by atoms with E-state index in [-0.39, 0.29) is 12.5 Å². The molecule has 5 heteroatoms. The highest BCUT2D eigenvalue weighted by Crippen LogP contribution is 2.19. The minimum atomic E-state index is -0.577. The molecule has 0 saturated carbocycles. The third kappa shape index (κ3) is 2.61. The van der Waals surface area contributed by atoms with Gasteiger partial charge in [0.1, 0.15) is 12.6 Å². The van der Waals surface area contributed by atoms with Gasteiger partial charge in [0.15, 0.2) is 0 Å². The van der Waals surface area contributed by atoms with Crippen molar-refractivity contribution in [1.82, 2.24) is 10.6 Å². The summed E-state index contributed by atoms with van der Waals surface area (Å²) in [6.45, 7) is 3.88. The summed E-state index contributed by atoms with van der Waals surface area (Å²) < 4.78 is 5.05. The number of ether oxygens (including phenoxy) is 1. The van der Waals surface area contributed by atoms with Crippen LogP contribution in [0.2, 0.25) is 0 Å². The van der Waals surface area contributed by atoms with Gasteiger partial charge in [-0.05, 0) is 19.4 Å². The van der Waals surface area contributed by atoms with Crippen molar-refractivity contribution in [1.29, 1.82) is 0 Å². The molecule has 1 aliphatic heterocycles. The normalized spacial score (nSPS) is 20.6. The molecular weight excluding hydrogens is 232 g/mol. The fourth-order valence-electron chi connectivity index (χ4n) is 1.84. The fraction of sp³-hybridized carbons (Fsp3) is 0.385. The van der Waals surface area contributed by atoms with Crippen molar-refractivity contribution in [3.63, 3.8) is 0 Å². The first-order valence-electron chi connectivity index (χ1n) is 5.78. The van der Waals surface area contributed by atoms with Crippen LogP contribution in [0.5, 0.6) is 0 Å². The summed E-state index contributed by atoms with van der Waals surface area (Å²) in [5.74, 6) is -0.184. The molecule has 1 fully saturated rings. The van der Waals surface area contributed by atoms with Crippen molar-refractivity contribution in [3.05, 3.63) is 35.9 Å². The minimum absolute atomic E-state index is 0.184. The van der Waals surface area contributed by atoms with Crippen LogP contribution < -0.4 is 10.6 Å². The predicted molar refractivity (Wildman–Crippen MR) is 65.8 cm³/mol. The molecule has 1 atom stereocenters. The van der Waals surface area contributed by atoms with Gasteiger partial charge in [-0.1, -0.05) is 30.3 Å². The van der Waals surface area contributed by atoms with Gasteiger partial charge in [-0.25, -0.2) is 4.79 Å². The first-order valence-corrected chi connectivity index (χ1v) is 5.78. The van der Waals surface area contributed by atoms with Gasteiger partial charge in [-0.2, -0.15) is 0 Å². The van der Waals surface area contributed by atoms with Crippen molar-refractivity contribution in [3.8, 4) is 0 Å². The average Bonchev–Trinajstić information content (AvgIpc) is 2.34. The maximum Gasteiger partial charge on any atom is 0.408 e. The zero-order valence-electron chi connectivity index (χ0n) is 10.4. The highest BCUT2D eigenvalue weighted by molar-refractivity contribution is 5.93. The monoisotopic (exact) mass is 248 g/mol. The van der Waals surface area contributed by atoms with Gasteiger partial charge in [0.2, 0.25) is 5.91 Å². The van der Waals surface area contributed by atoms with E-state index >= 15 is 0 Å². The summed E-state index contributed by atoms with van der Waals surface area (Å²) in [6, 6.07) is 8.85. The highest BCUT2D eigenvalue weighted by atomic mass is 16.5. The number of amides is 2. The van der Waals surface area contributed by atoms with Crippen LogP contribution in [0, 0.1) is 0 Å². The Bertz CT molecular complexity index is 457. The molecule has 1 aromatic rings. The van der Waals surface area contributed by atoms with E-state index in [9.17, 15) is 9.59 Å². The lowest BCUT2D eigenvalue weighted by atomic mass is 9.86. The van der Waals surface area contributed by atoms with E-state index in [2.05, 4.69) is 10.6 Å². The summed E-state index contributed by atoms with van der Waals surface area (Å²) in [5.41, 5.74) is 0.494. The molecule has 0 radical (unpaired) electrons. The molecule has 2 rings (SSSR count). The Kier molecular flexibility index (Phi) is 3.23. The molecule has 0 aromatic heterocycles. The Morgan fingerprint density at radius 1 is 1.39 bits per heavy atom. The fourth-order valence-corrected chi connectivity index (χ4v) is 1.84. The van der Waals surface area contributed by atoms with E-state index in [0.717, 1.165) is 5.56 Å². The molecule has 1 heterocycles. The van der Waals surface area contributed by atoms with Gasteiger partial charge < -0.3 is 15.4 Å². The second kappa shape index (κ2) is 4.68. The maximum atomic E-state index is 11.5. The van der Waals surface area contributed by atoms with Crippen LogP contribution in [0.15, 0.2) is 30.3 Å². The van der Waals surface area contributed by atoms with E-state index in [1.807, 2.05) is 44.2 Å². The number of alkyl carbamates (subject to hydrolysis) is 1. The van der Waals surface area contributed by atoms with Crippen LogP contribution in [0.1, 0.15) is 19.4 Å². The van der Waals surface area contributed by atoms with Crippen LogP contribution >= 0.6 is 0 Å². The van der Waals surface area contributed by atoms with E-state index in [0.29, 0.717) is 0 Å². The highest BCUT2D eigenvalue weighted by Gasteiger charge is 2.47. The largest absolute Gasteiger partial charge is 0.445 e. The number of carbonyl (C=O) groups excluding carboxylic acids is 2. The Hall–Kier alpha value is -2.04. The van der Waals surface area contributed by atoms with Crippen LogP contribution in [0.4, 0.5) is 4.79 Å². The van der Waals surface area contributed by atoms with Gasteiger partial charge >= 0.3 is 6.09 Å². The Labute approximate surface area is 106 Å². The maximum absolute atomic E-state index is 11.5. The lowest BCUT2D eigenvalue weighted by Crippen LogP contribution is -2.75. The molecule has 1 aromatic carbocycles. The van der Waals surface area contributed by atoms with Crippen LogP contribution in [0.3, 0.4) is 0 Å². The molecule has 2 amide bonds. The number of hydrogen-bond donors (Lipinski definition) is 2. The van der Waals surface area contributed by atoms with E-state index < -0.39 is 17.7 Å². The van der Waals surface area contributed by atoms with Crippen LogP contribution in [-0.2, 0) is 16.1 Å². The third-order valence-corrected chi connectivity index (χ3v) is 2.90. The predicted octanol–water partition coefficient (Wildman–Crippen LogP) is 1.19. The molecule has 5 nitrogen and oxygen atoms in total. The number of nitrogens with one attached hydrogen (secondary N) is 2. The molecule has 2 N–H and O–H groups in total. The SMILES string of the molecule is CC1(C)NC(=O)[C@H]1NC(=O)OCc1ccccc1. The molecule has 0 unspecified atom stereocenters. The molecule has 1 saturated heterocycles. The summed E-state index contributed by atoms with van der Waals surface area (Å²) in [7, 11) is 0. The lowest BCUT2D eigenvalue weighted by Gasteiger charge is -2.43. The van der Waals surface area contributed by atoms with Crippen LogP contribution in [-0.4, -0.2) is 23.6 Å². The van der Waals surface area contributed by atoms with E-state index in [1.165, 1.54) is 0 Å². The number of hydrogen-bond acceptors (Lipinski definition) is 3. The quantitative estimate of drug-likeness (QED) is 0.789. The van der Waals surface area contributed by atoms with Crippen molar-refractivity contribution in [2.24, 2.45) is 0 Å². The summed E-state index contributed by atoms with van der Waals surface area (Å²) >= 11 is 0. The lowest BCUT2D eigenvalue weighted by molar-refractivity contribution is -0.135. The first-order chi connectivity index (χ1) is 8.49. The van der Waals surface area contributed by atoms with E-state index in [1.54, 1.807) is 0 Å². The first kappa shape index (κ1) is 12.4. The molecule has 1 aliphatic rings. The number of β-lactam (4-membered cyclic amide) rings is 1. The third-order valence-electron chi connectivity index (χ3n) is 2.90. The summed E-state index contributed by atoms with van der Waals surface area (Å²) in [4.78, 5) is 22.8. The number of carbonyl (C=O) groups is 2. The van der Waals surface area contributed by atoms with E-state index in [4.69, 9.17) is 4.74 Å². The molecular formula is C13H16N2O3.